The third-order valence-corrected chi connectivity index (χ3v) is 4.35. The largest absolute Gasteiger partial charge is 0.481 e. The zero-order valence-corrected chi connectivity index (χ0v) is 17.4. The third-order valence-electron chi connectivity index (χ3n) is 4.35. The van der Waals surface area contributed by atoms with Gasteiger partial charge in [-0.1, -0.05) is 17.2 Å². The first-order chi connectivity index (χ1) is 15.6. The minimum Gasteiger partial charge on any atom is -0.481 e. The number of carbonyl (C=O) groups is 5. The van der Waals surface area contributed by atoms with Gasteiger partial charge in [0.25, 0.3) is 5.91 Å². The average molecular weight is 464 g/mol. The van der Waals surface area contributed by atoms with Crippen LogP contribution in [0.3, 0.4) is 0 Å². The number of rotatable bonds is 14. The summed E-state index contributed by atoms with van der Waals surface area (Å²) in [6.07, 6.45) is -0.0832. The molecule has 0 saturated carbocycles. The van der Waals surface area contributed by atoms with E-state index in [1.807, 2.05) is 5.32 Å². The van der Waals surface area contributed by atoms with Gasteiger partial charge in [-0.3, -0.25) is 9.59 Å². The summed E-state index contributed by atoms with van der Waals surface area (Å²) >= 11 is 0. The molecule has 0 aliphatic heterocycles. The van der Waals surface area contributed by atoms with E-state index in [4.69, 9.17) is 15.7 Å². The second-order valence-electron chi connectivity index (χ2n) is 6.82. The van der Waals surface area contributed by atoms with E-state index in [0.29, 0.717) is 24.1 Å². The van der Waals surface area contributed by atoms with Crippen LogP contribution in [-0.2, 0) is 14.4 Å². The molecular weight excluding hydrogens is 440 g/mol. The zero-order valence-electron chi connectivity index (χ0n) is 17.4. The molecule has 0 spiro atoms. The molecule has 0 aromatic heterocycles. The fourth-order valence-corrected chi connectivity index (χ4v) is 2.65. The lowest BCUT2D eigenvalue weighted by molar-refractivity contribution is -0.140. The molecule has 0 aliphatic carbocycles. The van der Waals surface area contributed by atoms with Crippen molar-refractivity contribution in [3.8, 4) is 0 Å². The molecule has 3 amide bonds. The number of nitrogens with one attached hydrogen (secondary N) is 3. The van der Waals surface area contributed by atoms with Crippen LogP contribution in [0.15, 0.2) is 29.4 Å². The van der Waals surface area contributed by atoms with Gasteiger partial charge in [-0.25, -0.2) is 14.4 Å². The second kappa shape index (κ2) is 13.9. The number of azide groups is 1. The minimum absolute atomic E-state index is 0.0202. The molecular formula is C19H24N6O8. The van der Waals surface area contributed by atoms with Gasteiger partial charge in [0.1, 0.15) is 12.1 Å². The highest BCUT2D eigenvalue weighted by atomic mass is 16.4. The topological polar surface area (TPSA) is 231 Å². The smallest absolute Gasteiger partial charge is 0.326 e. The monoisotopic (exact) mass is 464 g/mol. The van der Waals surface area contributed by atoms with Gasteiger partial charge in [0.05, 0.1) is 0 Å². The summed E-state index contributed by atoms with van der Waals surface area (Å²) in [6.45, 7) is 0.242. The molecule has 2 atom stereocenters. The Morgan fingerprint density at radius 2 is 1.48 bits per heavy atom. The van der Waals surface area contributed by atoms with Crippen LogP contribution in [0.5, 0.6) is 0 Å². The maximum atomic E-state index is 12.1. The van der Waals surface area contributed by atoms with Gasteiger partial charge >= 0.3 is 23.9 Å². The van der Waals surface area contributed by atoms with Crippen molar-refractivity contribution in [2.24, 2.45) is 5.11 Å². The maximum Gasteiger partial charge on any atom is 0.326 e. The molecule has 0 heterocycles. The normalized spacial score (nSPS) is 11.9. The van der Waals surface area contributed by atoms with E-state index in [-0.39, 0.29) is 25.3 Å². The summed E-state index contributed by atoms with van der Waals surface area (Å²) < 4.78 is 0. The molecule has 0 bridgehead atoms. The lowest BCUT2D eigenvalue weighted by Gasteiger charge is -2.18. The van der Waals surface area contributed by atoms with Gasteiger partial charge in [0.15, 0.2) is 0 Å². The van der Waals surface area contributed by atoms with Gasteiger partial charge in [-0.15, -0.1) is 0 Å². The number of carboxylic acid groups (broad SMARTS) is 3. The molecule has 1 aromatic carbocycles. The van der Waals surface area contributed by atoms with Crippen molar-refractivity contribution in [1.82, 2.24) is 16.0 Å². The SMILES string of the molecule is [N-]=[N+]=Nc1ccc(C(=O)NCCCCC(NC(=O)NC(CCC(=O)O)C(=O)O)C(=O)O)cc1. The number of carboxylic acids is 3. The van der Waals surface area contributed by atoms with Gasteiger partial charge < -0.3 is 31.3 Å². The highest BCUT2D eigenvalue weighted by Gasteiger charge is 2.24. The van der Waals surface area contributed by atoms with Crippen LogP contribution in [-0.4, -0.2) is 63.8 Å². The first kappa shape index (κ1) is 26.7. The van der Waals surface area contributed by atoms with Crippen molar-refractivity contribution >= 4 is 35.5 Å². The van der Waals surface area contributed by atoms with Crippen LogP contribution in [0.25, 0.3) is 10.4 Å². The Hall–Kier alpha value is -4.32. The fourth-order valence-electron chi connectivity index (χ4n) is 2.65. The molecule has 178 valence electrons. The summed E-state index contributed by atoms with van der Waals surface area (Å²) in [7, 11) is 0. The number of amides is 3. The second-order valence-corrected chi connectivity index (χ2v) is 6.82. The summed E-state index contributed by atoms with van der Waals surface area (Å²) in [5.41, 5.74) is 9.07. The number of carbonyl (C=O) groups excluding carboxylic acids is 2. The van der Waals surface area contributed by atoms with Crippen molar-refractivity contribution in [1.29, 1.82) is 0 Å². The molecule has 1 aromatic rings. The Balaban J connectivity index is 2.43. The molecule has 1 rings (SSSR count). The Labute approximate surface area is 187 Å². The van der Waals surface area contributed by atoms with Crippen LogP contribution >= 0.6 is 0 Å². The Bertz CT molecular complexity index is 913. The lowest BCUT2D eigenvalue weighted by Crippen LogP contribution is -2.51. The first-order valence-electron chi connectivity index (χ1n) is 9.81. The summed E-state index contributed by atoms with van der Waals surface area (Å²) in [4.78, 5) is 59.7. The number of hydrogen-bond acceptors (Lipinski definition) is 6. The maximum absolute atomic E-state index is 12.1. The van der Waals surface area contributed by atoms with Crippen molar-refractivity contribution in [3.63, 3.8) is 0 Å². The third kappa shape index (κ3) is 10.5. The minimum atomic E-state index is -1.48. The lowest BCUT2D eigenvalue weighted by atomic mass is 10.1. The van der Waals surface area contributed by atoms with Crippen LogP contribution in [0.1, 0.15) is 42.5 Å². The molecule has 0 saturated heterocycles. The summed E-state index contributed by atoms with van der Waals surface area (Å²) in [5, 5.41) is 37.2. The average Bonchev–Trinajstić information content (AvgIpc) is 2.75. The van der Waals surface area contributed by atoms with Crippen LogP contribution < -0.4 is 16.0 Å². The number of unbranched alkanes of at least 4 members (excludes halogenated alkanes) is 1. The molecule has 33 heavy (non-hydrogen) atoms. The quantitative estimate of drug-likeness (QED) is 0.102. The highest BCUT2D eigenvalue weighted by Crippen LogP contribution is 2.13. The van der Waals surface area contributed by atoms with E-state index < -0.39 is 42.4 Å². The number of aliphatic carboxylic acids is 3. The molecule has 14 heteroatoms. The zero-order chi connectivity index (χ0) is 24.8. The molecule has 6 N–H and O–H groups in total. The summed E-state index contributed by atoms with van der Waals surface area (Å²) in [6, 6.07) is 2.12. The molecule has 0 radical (unpaired) electrons. The number of urea groups is 1. The molecule has 0 aliphatic rings. The van der Waals surface area contributed by atoms with Crippen LogP contribution in [0.4, 0.5) is 10.5 Å². The van der Waals surface area contributed by atoms with E-state index in [1.165, 1.54) is 24.3 Å². The standard InChI is InChI=1S/C19H24N6O8/c20-25-24-12-6-4-11(5-7-12)16(28)21-10-2-1-3-13(17(29)30)22-19(33)23-14(18(31)32)8-9-15(26)27/h4-7,13-14H,1-3,8-10H2,(H,21,28)(H,26,27)(H,29,30)(H,31,32)(H2,22,23,33). The fraction of sp³-hybridized carbons (Fsp3) is 0.421. The highest BCUT2D eigenvalue weighted by molar-refractivity contribution is 5.94. The van der Waals surface area contributed by atoms with E-state index in [1.54, 1.807) is 0 Å². The van der Waals surface area contributed by atoms with Gasteiger partial charge in [-0.2, -0.15) is 0 Å². The summed E-state index contributed by atoms with van der Waals surface area (Å²) in [5.74, 6) is -4.37. The predicted octanol–water partition coefficient (Wildman–Crippen LogP) is 1.60. The van der Waals surface area contributed by atoms with Crippen LogP contribution in [0, 0.1) is 0 Å². The van der Waals surface area contributed by atoms with Gasteiger partial charge in [-0.05, 0) is 43.3 Å². The van der Waals surface area contributed by atoms with E-state index in [9.17, 15) is 29.1 Å². The van der Waals surface area contributed by atoms with Gasteiger partial charge in [0, 0.05) is 29.1 Å². The van der Waals surface area contributed by atoms with Crippen molar-refractivity contribution < 1.29 is 39.3 Å². The predicted molar refractivity (Wildman–Crippen MR) is 113 cm³/mol. The molecule has 14 nitrogen and oxygen atoms in total. The number of nitrogens with zero attached hydrogens (tertiary/aromatic N) is 3. The van der Waals surface area contributed by atoms with E-state index >= 15 is 0 Å². The van der Waals surface area contributed by atoms with Crippen molar-refractivity contribution in [3.05, 3.63) is 40.3 Å². The Kier molecular flexibility index (Phi) is 11.2. The van der Waals surface area contributed by atoms with Crippen molar-refractivity contribution in [2.75, 3.05) is 6.54 Å². The first-order valence-corrected chi connectivity index (χ1v) is 9.81. The van der Waals surface area contributed by atoms with E-state index in [0.717, 1.165) is 0 Å². The Morgan fingerprint density at radius 1 is 0.909 bits per heavy atom. The molecule has 2 unspecified atom stereocenters. The number of benzene rings is 1. The van der Waals surface area contributed by atoms with Crippen LogP contribution in [0.2, 0.25) is 0 Å². The molecule has 0 fully saturated rings. The Morgan fingerprint density at radius 3 is 2.00 bits per heavy atom. The van der Waals surface area contributed by atoms with E-state index in [2.05, 4.69) is 20.7 Å². The van der Waals surface area contributed by atoms with Crippen molar-refractivity contribution in [2.45, 2.75) is 44.2 Å². The van der Waals surface area contributed by atoms with Gasteiger partial charge in [0.2, 0.25) is 0 Å². The number of hydrogen-bond donors (Lipinski definition) is 6.